The molecule has 1 saturated heterocycles. The second-order valence-corrected chi connectivity index (χ2v) is 4.46. The van der Waals surface area contributed by atoms with Crippen molar-refractivity contribution >= 4 is 24.1 Å². The highest BCUT2D eigenvalue weighted by Crippen LogP contribution is 2.07. The fourth-order valence-corrected chi connectivity index (χ4v) is 1.97. The van der Waals surface area contributed by atoms with Crippen molar-refractivity contribution in [3.63, 3.8) is 0 Å². The van der Waals surface area contributed by atoms with Gasteiger partial charge in [-0.15, -0.1) is 12.4 Å². The predicted molar refractivity (Wildman–Crippen MR) is 71.0 cm³/mol. The Bertz CT molecular complexity index is 396. The van der Waals surface area contributed by atoms with Gasteiger partial charge in [0.05, 0.1) is 6.54 Å². The Morgan fingerprint density at radius 2 is 2.50 bits per heavy atom. The lowest BCUT2D eigenvalue weighted by Gasteiger charge is -2.31. The topological polar surface area (TPSA) is 70.4 Å². The summed E-state index contributed by atoms with van der Waals surface area (Å²) < 4.78 is 4.88. The summed E-state index contributed by atoms with van der Waals surface area (Å²) in [7, 11) is 0. The van der Waals surface area contributed by atoms with Gasteiger partial charge in [0, 0.05) is 31.7 Å². The molecule has 1 atom stereocenters. The molecule has 7 heteroatoms. The van der Waals surface area contributed by atoms with Gasteiger partial charge >= 0.3 is 0 Å². The van der Waals surface area contributed by atoms with E-state index in [-0.39, 0.29) is 18.3 Å². The van der Waals surface area contributed by atoms with E-state index in [2.05, 4.69) is 27.6 Å². The third kappa shape index (κ3) is 4.29. The van der Waals surface area contributed by atoms with Crippen molar-refractivity contribution in [1.82, 2.24) is 15.4 Å². The van der Waals surface area contributed by atoms with Gasteiger partial charge in [0.15, 0.2) is 5.82 Å². The number of halogens is 1. The first-order valence-corrected chi connectivity index (χ1v) is 5.82. The van der Waals surface area contributed by atoms with Crippen molar-refractivity contribution in [2.75, 3.05) is 31.5 Å². The molecule has 1 fully saturated rings. The molecular formula is C11H19ClN4O2. The molecule has 102 valence electrons. The summed E-state index contributed by atoms with van der Waals surface area (Å²) in [6, 6.07) is 2.14. The number of carbonyl (C=O) groups excluding carboxylic acids is 1. The second-order valence-electron chi connectivity index (χ2n) is 4.46. The Hall–Kier alpha value is -1.11. The largest absolute Gasteiger partial charge is 0.360 e. The predicted octanol–water partition coefficient (Wildman–Crippen LogP) is 0.637. The second kappa shape index (κ2) is 6.72. The molecule has 1 aromatic rings. The van der Waals surface area contributed by atoms with Crippen LogP contribution < -0.4 is 10.6 Å². The van der Waals surface area contributed by atoms with E-state index in [1.807, 2.05) is 0 Å². The number of amides is 1. The number of hydrogen-bond donors (Lipinski definition) is 2. The van der Waals surface area contributed by atoms with Gasteiger partial charge in [0.25, 0.3) is 0 Å². The average molecular weight is 275 g/mol. The van der Waals surface area contributed by atoms with Crippen LogP contribution in [0.1, 0.15) is 12.7 Å². The SMILES string of the molecule is Cc1cc(NC(=O)CN2CCNC(C)C2)no1.Cl. The molecule has 6 nitrogen and oxygen atoms in total. The fourth-order valence-electron chi connectivity index (χ4n) is 1.97. The molecule has 18 heavy (non-hydrogen) atoms. The van der Waals surface area contributed by atoms with Gasteiger partial charge in [-0.1, -0.05) is 5.16 Å². The lowest BCUT2D eigenvalue weighted by molar-refractivity contribution is -0.117. The highest BCUT2D eigenvalue weighted by Gasteiger charge is 2.18. The number of nitrogens with one attached hydrogen (secondary N) is 2. The number of piperazine rings is 1. The number of hydrogen-bond acceptors (Lipinski definition) is 5. The van der Waals surface area contributed by atoms with E-state index in [0.717, 1.165) is 19.6 Å². The fraction of sp³-hybridized carbons (Fsp3) is 0.636. The zero-order chi connectivity index (χ0) is 12.3. The quantitative estimate of drug-likeness (QED) is 0.846. The maximum Gasteiger partial charge on any atom is 0.239 e. The third-order valence-electron chi connectivity index (χ3n) is 2.72. The molecule has 0 aliphatic carbocycles. The van der Waals surface area contributed by atoms with Gasteiger partial charge in [0.1, 0.15) is 5.76 Å². The monoisotopic (exact) mass is 274 g/mol. The molecule has 0 aromatic carbocycles. The Balaban J connectivity index is 0.00000162. The van der Waals surface area contributed by atoms with E-state index in [4.69, 9.17) is 4.52 Å². The number of aromatic nitrogens is 1. The molecule has 1 aliphatic heterocycles. The van der Waals surface area contributed by atoms with Crippen LogP contribution in [0.3, 0.4) is 0 Å². The first-order valence-electron chi connectivity index (χ1n) is 5.82. The van der Waals surface area contributed by atoms with E-state index in [1.54, 1.807) is 13.0 Å². The van der Waals surface area contributed by atoms with Crippen LogP contribution in [0.5, 0.6) is 0 Å². The molecule has 0 spiro atoms. The summed E-state index contributed by atoms with van der Waals surface area (Å²) in [6.45, 7) is 7.03. The summed E-state index contributed by atoms with van der Waals surface area (Å²) in [5, 5.41) is 9.78. The molecule has 2 N–H and O–H groups in total. The summed E-state index contributed by atoms with van der Waals surface area (Å²) in [4.78, 5) is 13.9. The summed E-state index contributed by atoms with van der Waals surface area (Å²) in [6.07, 6.45) is 0. The molecule has 1 aliphatic rings. The normalized spacial score (nSPS) is 20.2. The maximum absolute atomic E-state index is 11.7. The van der Waals surface area contributed by atoms with Crippen LogP contribution in [-0.4, -0.2) is 48.2 Å². The molecule has 0 radical (unpaired) electrons. The molecule has 0 saturated carbocycles. The van der Waals surface area contributed by atoms with Gasteiger partial charge in [-0.05, 0) is 13.8 Å². The number of rotatable bonds is 3. The van der Waals surface area contributed by atoms with Crippen molar-refractivity contribution in [3.05, 3.63) is 11.8 Å². The lowest BCUT2D eigenvalue weighted by atomic mass is 10.2. The lowest BCUT2D eigenvalue weighted by Crippen LogP contribution is -2.51. The minimum absolute atomic E-state index is 0. The van der Waals surface area contributed by atoms with Gasteiger partial charge in [-0.3, -0.25) is 9.69 Å². The van der Waals surface area contributed by atoms with E-state index in [1.165, 1.54) is 0 Å². The minimum Gasteiger partial charge on any atom is -0.360 e. The zero-order valence-corrected chi connectivity index (χ0v) is 11.4. The first-order chi connectivity index (χ1) is 8.13. The Labute approximate surface area is 112 Å². The Morgan fingerprint density at radius 1 is 1.72 bits per heavy atom. The number of aryl methyl sites for hydroxylation is 1. The molecule has 1 aromatic heterocycles. The van der Waals surface area contributed by atoms with Crippen molar-refractivity contribution in [2.24, 2.45) is 0 Å². The minimum atomic E-state index is -0.0487. The van der Waals surface area contributed by atoms with Gasteiger partial charge in [-0.2, -0.15) is 0 Å². The van der Waals surface area contributed by atoms with Crippen molar-refractivity contribution < 1.29 is 9.32 Å². The summed E-state index contributed by atoms with van der Waals surface area (Å²) in [5.41, 5.74) is 0. The Morgan fingerprint density at radius 3 is 3.11 bits per heavy atom. The number of anilines is 1. The van der Waals surface area contributed by atoms with Crippen LogP contribution in [-0.2, 0) is 4.79 Å². The van der Waals surface area contributed by atoms with Gasteiger partial charge in [-0.25, -0.2) is 0 Å². The highest BCUT2D eigenvalue weighted by molar-refractivity contribution is 5.91. The van der Waals surface area contributed by atoms with Crippen molar-refractivity contribution in [1.29, 1.82) is 0 Å². The van der Waals surface area contributed by atoms with Gasteiger partial charge < -0.3 is 15.2 Å². The van der Waals surface area contributed by atoms with E-state index < -0.39 is 0 Å². The van der Waals surface area contributed by atoms with Crippen molar-refractivity contribution in [3.8, 4) is 0 Å². The van der Waals surface area contributed by atoms with Crippen LogP contribution in [0.4, 0.5) is 5.82 Å². The van der Waals surface area contributed by atoms with E-state index in [0.29, 0.717) is 24.2 Å². The first kappa shape index (κ1) is 14.9. The molecule has 1 amide bonds. The Kier molecular flexibility index (Phi) is 5.58. The summed E-state index contributed by atoms with van der Waals surface area (Å²) >= 11 is 0. The van der Waals surface area contributed by atoms with Gasteiger partial charge in [0.2, 0.25) is 5.91 Å². The highest BCUT2D eigenvalue weighted by atomic mass is 35.5. The van der Waals surface area contributed by atoms with Crippen LogP contribution in [0.15, 0.2) is 10.6 Å². The number of nitrogens with zero attached hydrogens (tertiary/aromatic N) is 2. The van der Waals surface area contributed by atoms with E-state index >= 15 is 0 Å². The molecule has 2 rings (SSSR count). The molecular weight excluding hydrogens is 256 g/mol. The molecule has 2 heterocycles. The van der Waals surface area contributed by atoms with Crippen LogP contribution >= 0.6 is 12.4 Å². The third-order valence-corrected chi connectivity index (χ3v) is 2.72. The van der Waals surface area contributed by atoms with Crippen molar-refractivity contribution in [2.45, 2.75) is 19.9 Å². The van der Waals surface area contributed by atoms with Crippen LogP contribution in [0.25, 0.3) is 0 Å². The molecule has 0 bridgehead atoms. The van der Waals surface area contributed by atoms with Crippen LogP contribution in [0, 0.1) is 6.92 Å². The average Bonchev–Trinajstić information content (AvgIpc) is 2.63. The molecule has 1 unspecified atom stereocenters. The van der Waals surface area contributed by atoms with E-state index in [9.17, 15) is 4.79 Å². The maximum atomic E-state index is 11.7. The standard InChI is InChI=1S/C11H18N4O2.ClH/c1-8-6-15(4-3-12-8)7-11(16)13-10-5-9(2)17-14-10;/h5,8,12H,3-4,6-7H2,1-2H3,(H,13,14,16);1H. The summed E-state index contributed by atoms with van der Waals surface area (Å²) in [5.74, 6) is 1.12. The smallest absolute Gasteiger partial charge is 0.239 e. The number of carbonyl (C=O) groups is 1. The van der Waals surface area contributed by atoms with Crippen LogP contribution in [0.2, 0.25) is 0 Å². The zero-order valence-electron chi connectivity index (χ0n) is 10.6.